The van der Waals surface area contributed by atoms with Gasteiger partial charge in [0.05, 0.1) is 0 Å². The minimum Gasteiger partial charge on any atom is -0.305 e. The molecule has 1 aromatic heterocycles. The average molecular weight is 259 g/mol. The van der Waals surface area contributed by atoms with Crippen molar-refractivity contribution < 1.29 is 0 Å². The molecule has 0 saturated heterocycles. The molecule has 0 radical (unpaired) electrons. The average Bonchev–Trinajstić information content (AvgIpc) is 2.74. The Hall–Kier alpha value is -1.12. The molecule has 1 unspecified atom stereocenters. The van der Waals surface area contributed by atoms with E-state index in [2.05, 4.69) is 63.3 Å². The quantitative estimate of drug-likeness (QED) is 0.851. The Labute approximate surface area is 114 Å². The van der Waals surface area contributed by atoms with Crippen LogP contribution in [0.2, 0.25) is 0 Å². The lowest BCUT2D eigenvalue weighted by Crippen LogP contribution is -2.17. The SMILES string of the molecule is Cc1ccc(CNC(C)c2ccc(C)s2)c(C)c1. The van der Waals surface area contributed by atoms with Crippen molar-refractivity contribution in [2.24, 2.45) is 0 Å². The van der Waals surface area contributed by atoms with Crippen LogP contribution in [0, 0.1) is 20.8 Å². The van der Waals surface area contributed by atoms with E-state index in [1.54, 1.807) is 0 Å². The van der Waals surface area contributed by atoms with Gasteiger partial charge < -0.3 is 5.32 Å². The molecule has 0 aliphatic heterocycles. The van der Waals surface area contributed by atoms with Crippen LogP contribution in [0.3, 0.4) is 0 Å². The fourth-order valence-corrected chi connectivity index (χ4v) is 3.00. The van der Waals surface area contributed by atoms with Crippen LogP contribution in [0.5, 0.6) is 0 Å². The molecule has 0 spiro atoms. The third-order valence-corrected chi connectivity index (χ3v) is 4.47. The summed E-state index contributed by atoms with van der Waals surface area (Å²) in [5.41, 5.74) is 4.09. The summed E-state index contributed by atoms with van der Waals surface area (Å²) in [6, 6.07) is 11.5. The van der Waals surface area contributed by atoms with Crippen molar-refractivity contribution >= 4 is 11.3 Å². The van der Waals surface area contributed by atoms with E-state index in [0.717, 1.165) is 6.54 Å². The summed E-state index contributed by atoms with van der Waals surface area (Å²) in [5.74, 6) is 0. The van der Waals surface area contributed by atoms with Gasteiger partial charge in [0, 0.05) is 22.3 Å². The van der Waals surface area contributed by atoms with E-state index in [0.29, 0.717) is 6.04 Å². The number of thiophene rings is 1. The smallest absolute Gasteiger partial charge is 0.0388 e. The third-order valence-electron chi connectivity index (χ3n) is 3.28. The largest absolute Gasteiger partial charge is 0.305 e. The first-order valence-electron chi connectivity index (χ1n) is 6.42. The molecular formula is C16H21NS. The number of rotatable bonds is 4. The highest BCUT2D eigenvalue weighted by atomic mass is 32.1. The first kappa shape index (κ1) is 13.3. The highest BCUT2D eigenvalue weighted by Gasteiger charge is 2.07. The van der Waals surface area contributed by atoms with Gasteiger partial charge in [-0.1, -0.05) is 23.8 Å². The molecule has 0 aliphatic rings. The standard InChI is InChI=1S/C16H21NS/c1-11-5-7-15(12(2)9-11)10-17-14(4)16-8-6-13(3)18-16/h5-9,14,17H,10H2,1-4H3. The van der Waals surface area contributed by atoms with Gasteiger partial charge in [-0.15, -0.1) is 11.3 Å². The molecule has 2 aromatic rings. The van der Waals surface area contributed by atoms with E-state index in [1.807, 2.05) is 11.3 Å². The number of aryl methyl sites for hydroxylation is 3. The second-order valence-corrected chi connectivity index (χ2v) is 6.30. The minimum atomic E-state index is 0.421. The normalized spacial score (nSPS) is 12.7. The molecule has 1 heterocycles. The van der Waals surface area contributed by atoms with Crippen LogP contribution in [0.25, 0.3) is 0 Å². The first-order valence-corrected chi connectivity index (χ1v) is 7.24. The summed E-state index contributed by atoms with van der Waals surface area (Å²) in [4.78, 5) is 2.79. The van der Waals surface area contributed by atoms with Crippen LogP contribution in [0.15, 0.2) is 30.3 Å². The second-order valence-electron chi connectivity index (χ2n) is 4.98. The van der Waals surface area contributed by atoms with Gasteiger partial charge in [-0.3, -0.25) is 0 Å². The lowest BCUT2D eigenvalue weighted by molar-refractivity contribution is 0.581. The molecular weight excluding hydrogens is 238 g/mol. The molecule has 96 valence electrons. The Bertz CT molecular complexity index is 528. The Morgan fingerprint density at radius 1 is 1.11 bits per heavy atom. The number of hydrogen-bond acceptors (Lipinski definition) is 2. The van der Waals surface area contributed by atoms with Gasteiger partial charge in [0.1, 0.15) is 0 Å². The summed E-state index contributed by atoms with van der Waals surface area (Å²) < 4.78 is 0. The van der Waals surface area contributed by atoms with E-state index >= 15 is 0 Å². The van der Waals surface area contributed by atoms with Crippen molar-refractivity contribution in [1.82, 2.24) is 5.32 Å². The first-order chi connectivity index (χ1) is 8.56. The highest BCUT2D eigenvalue weighted by Crippen LogP contribution is 2.22. The van der Waals surface area contributed by atoms with Crippen LogP contribution in [-0.4, -0.2) is 0 Å². The van der Waals surface area contributed by atoms with Gasteiger partial charge in [0.2, 0.25) is 0 Å². The maximum atomic E-state index is 3.60. The maximum absolute atomic E-state index is 3.60. The summed E-state index contributed by atoms with van der Waals surface area (Å²) in [6.07, 6.45) is 0. The molecule has 1 atom stereocenters. The predicted octanol–water partition coefficient (Wildman–Crippen LogP) is 4.52. The Balaban J connectivity index is 1.99. The van der Waals surface area contributed by atoms with Crippen LogP contribution >= 0.6 is 11.3 Å². The highest BCUT2D eigenvalue weighted by molar-refractivity contribution is 7.12. The summed E-state index contributed by atoms with van der Waals surface area (Å²) in [7, 11) is 0. The Kier molecular flexibility index (Phi) is 4.20. The second kappa shape index (κ2) is 5.68. The lowest BCUT2D eigenvalue weighted by Gasteiger charge is -2.14. The van der Waals surface area contributed by atoms with Crippen LogP contribution < -0.4 is 5.32 Å². The van der Waals surface area contributed by atoms with Crippen molar-refractivity contribution in [3.63, 3.8) is 0 Å². The molecule has 1 N–H and O–H groups in total. The van der Waals surface area contributed by atoms with E-state index in [-0.39, 0.29) is 0 Å². The van der Waals surface area contributed by atoms with Crippen molar-refractivity contribution in [2.75, 3.05) is 0 Å². The zero-order valence-electron chi connectivity index (χ0n) is 11.6. The number of hydrogen-bond donors (Lipinski definition) is 1. The fraction of sp³-hybridized carbons (Fsp3) is 0.375. The van der Waals surface area contributed by atoms with E-state index in [1.165, 1.54) is 26.4 Å². The minimum absolute atomic E-state index is 0.421. The Morgan fingerprint density at radius 2 is 1.89 bits per heavy atom. The zero-order chi connectivity index (χ0) is 13.1. The lowest BCUT2D eigenvalue weighted by atomic mass is 10.1. The topological polar surface area (TPSA) is 12.0 Å². The van der Waals surface area contributed by atoms with Crippen molar-refractivity contribution in [3.8, 4) is 0 Å². The molecule has 0 aliphatic carbocycles. The number of benzene rings is 1. The van der Waals surface area contributed by atoms with E-state index in [9.17, 15) is 0 Å². The molecule has 0 fully saturated rings. The molecule has 1 aromatic carbocycles. The van der Waals surface area contributed by atoms with Crippen LogP contribution in [-0.2, 0) is 6.54 Å². The van der Waals surface area contributed by atoms with Crippen molar-refractivity contribution in [3.05, 3.63) is 56.8 Å². The van der Waals surface area contributed by atoms with Crippen LogP contribution in [0.1, 0.15) is 39.4 Å². The van der Waals surface area contributed by atoms with Gasteiger partial charge in [-0.25, -0.2) is 0 Å². The van der Waals surface area contributed by atoms with Gasteiger partial charge in [0.25, 0.3) is 0 Å². The molecule has 1 nitrogen and oxygen atoms in total. The van der Waals surface area contributed by atoms with Gasteiger partial charge in [-0.05, 0) is 51.0 Å². The molecule has 2 rings (SSSR count). The zero-order valence-corrected chi connectivity index (χ0v) is 12.4. The predicted molar refractivity (Wildman–Crippen MR) is 80.2 cm³/mol. The Morgan fingerprint density at radius 3 is 2.50 bits per heavy atom. The molecule has 18 heavy (non-hydrogen) atoms. The maximum Gasteiger partial charge on any atom is 0.0388 e. The number of nitrogens with one attached hydrogen (secondary N) is 1. The van der Waals surface area contributed by atoms with Crippen molar-refractivity contribution in [2.45, 2.75) is 40.3 Å². The summed E-state index contributed by atoms with van der Waals surface area (Å²) in [5, 5.41) is 3.60. The van der Waals surface area contributed by atoms with E-state index < -0.39 is 0 Å². The summed E-state index contributed by atoms with van der Waals surface area (Å²) >= 11 is 1.88. The molecule has 0 amide bonds. The fourth-order valence-electron chi connectivity index (χ4n) is 2.09. The van der Waals surface area contributed by atoms with E-state index in [4.69, 9.17) is 0 Å². The van der Waals surface area contributed by atoms with Gasteiger partial charge in [0.15, 0.2) is 0 Å². The monoisotopic (exact) mass is 259 g/mol. The summed E-state index contributed by atoms with van der Waals surface area (Å²) in [6.45, 7) is 9.65. The van der Waals surface area contributed by atoms with Gasteiger partial charge in [-0.2, -0.15) is 0 Å². The molecule has 0 bridgehead atoms. The van der Waals surface area contributed by atoms with Crippen LogP contribution in [0.4, 0.5) is 0 Å². The molecule has 2 heteroatoms. The third kappa shape index (κ3) is 3.21. The van der Waals surface area contributed by atoms with Gasteiger partial charge >= 0.3 is 0 Å². The molecule has 0 saturated carbocycles. The van der Waals surface area contributed by atoms with Crippen molar-refractivity contribution in [1.29, 1.82) is 0 Å².